The minimum absolute atomic E-state index is 0.0523. The number of aromatic nitrogens is 2. The van der Waals surface area contributed by atoms with Gasteiger partial charge in [0, 0.05) is 17.3 Å². The summed E-state index contributed by atoms with van der Waals surface area (Å²) in [5, 5.41) is 11.0. The van der Waals surface area contributed by atoms with Gasteiger partial charge in [-0.25, -0.2) is 0 Å². The summed E-state index contributed by atoms with van der Waals surface area (Å²) in [6, 6.07) is 19.1. The largest absolute Gasteiger partial charge is 0.480 e. The van der Waals surface area contributed by atoms with Gasteiger partial charge in [0.1, 0.15) is 0 Å². The predicted molar refractivity (Wildman–Crippen MR) is 97.5 cm³/mol. The molecule has 126 valence electrons. The number of carbonyl (C=O) groups is 1. The standard InChI is InChI=1S/C20H19N3O2/c1-14-5-3-6-15(11-14)12-19(24)21-17-8-4-7-16(13-17)18-9-10-20(25-2)23-22-18/h3-11,13H,12H2,1-2H3,(H,21,24). The van der Waals surface area contributed by atoms with Crippen LogP contribution in [0.1, 0.15) is 11.1 Å². The first-order valence-corrected chi connectivity index (χ1v) is 7.97. The van der Waals surface area contributed by atoms with Crippen LogP contribution < -0.4 is 10.1 Å². The van der Waals surface area contributed by atoms with Gasteiger partial charge >= 0.3 is 0 Å². The van der Waals surface area contributed by atoms with Crippen molar-refractivity contribution in [2.75, 3.05) is 12.4 Å². The van der Waals surface area contributed by atoms with Crippen molar-refractivity contribution in [3.63, 3.8) is 0 Å². The number of nitrogens with one attached hydrogen (secondary N) is 1. The topological polar surface area (TPSA) is 64.1 Å². The van der Waals surface area contributed by atoms with Gasteiger partial charge in [-0.3, -0.25) is 4.79 Å². The molecule has 1 heterocycles. The fraction of sp³-hybridized carbons (Fsp3) is 0.150. The second-order valence-corrected chi connectivity index (χ2v) is 5.76. The highest BCUT2D eigenvalue weighted by molar-refractivity contribution is 5.92. The zero-order valence-corrected chi connectivity index (χ0v) is 14.2. The Morgan fingerprint density at radius 3 is 2.60 bits per heavy atom. The maximum absolute atomic E-state index is 12.3. The van der Waals surface area contributed by atoms with E-state index in [1.54, 1.807) is 13.2 Å². The van der Waals surface area contributed by atoms with E-state index >= 15 is 0 Å². The number of ether oxygens (including phenoxy) is 1. The molecular weight excluding hydrogens is 314 g/mol. The van der Waals surface area contributed by atoms with Gasteiger partial charge < -0.3 is 10.1 Å². The molecule has 5 heteroatoms. The Morgan fingerprint density at radius 1 is 1.04 bits per heavy atom. The first kappa shape index (κ1) is 16.6. The molecule has 0 unspecified atom stereocenters. The molecule has 3 rings (SSSR count). The fourth-order valence-electron chi connectivity index (χ4n) is 2.55. The number of methoxy groups -OCH3 is 1. The molecule has 0 atom stereocenters. The normalized spacial score (nSPS) is 10.3. The predicted octanol–water partition coefficient (Wildman–Crippen LogP) is 3.64. The molecule has 1 amide bonds. The Kier molecular flexibility index (Phi) is 5.04. The third-order valence-electron chi connectivity index (χ3n) is 3.74. The van der Waals surface area contributed by atoms with Crippen LogP contribution in [0.15, 0.2) is 60.7 Å². The zero-order chi connectivity index (χ0) is 17.6. The smallest absolute Gasteiger partial charge is 0.233 e. The number of benzene rings is 2. The highest BCUT2D eigenvalue weighted by atomic mass is 16.5. The van der Waals surface area contributed by atoms with Gasteiger partial charge in [-0.15, -0.1) is 10.2 Å². The number of anilines is 1. The third kappa shape index (κ3) is 4.41. The molecule has 0 bridgehead atoms. The van der Waals surface area contributed by atoms with Gasteiger partial charge in [0.15, 0.2) is 0 Å². The van der Waals surface area contributed by atoms with Gasteiger partial charge in [-0.05, 0) is 30.7 Å². The van der Waals surface area contributed by atoms with Crippen LogP contribution in [0.25, 0.3) is 11.3 Å². The maximum atomic E-state index is 12.3. The molecule has 0 saturated heterocycles. The van der Waals surface area contributed by atoms with Crippen molar-refractivity contribution in [1.29, 1.82) is 0 Å². The summed E-state index contributed by atoms with van der Waals surface area (Å²) in [4.78, 5) is 12.3. The minimum atomic E-state index is -0.0523. The van der Waals surface area contributed by atoms with E-state index in [9.17, 15) is 4.79 Å². The monoisotopic (exact) mass is 333 g/mol. The Morgan fingerprint density at radius 2 is 1.88 bits per heavy atom. The summed E-state index contributed by atoms with van der Waals surface area (Å²) in [5.41, 5.74) is 4.46. The van der Waals surface area contributed by atoms with Crippen molar-refractivity contribution in [3.8, 4) is 17.1 Å². The first-order valence-electron chi connectivity index (χ1n) is 7.97. The Hall–Kier alpha value is -3.21. The van der Waals surface area contributed by atoms with Gasteiger partial charge in [-0.1, -0.05) is 42.0 Å². The van der Waals surface area contributed by atoms with Crippen molar-refractivity contribution >= 4 is 11.6 Å². The summed E-state index contributed by atoms with van der Waals surface area (Å²) >= 11 is 0. The zero-order valence-electron chi connectivity index (χ0n) is 14.2. The molecule has 0 fully saturated rings. The molecule has 0 spiro atoms. The number of hydrogen-bond acceptors (Lipinski definition) is 4. The van der Waals surface area contributed by atoms with Crippen LogP contribution in [0.2, 0.25) is 0 Å². The number of carbonyl (C=O) groups excluding carboxylic acids is 1. The number of hydrogen-bond donors (Lipinski definition) is 1. The number of amides is 1. The van der Waals surface area contributed by atoms with E-state index in [-0.39, 0.29) is 5.91 Å². The van der Waals surface area contributed by atoms with Crippen LogP contribution in [-0.4, -0.2) is 23.2 Å². The second-order valence-electron chi connectivity index (χ2n) is 5.76. The summed E-state index contributed by atoms with van der Waals surface area (Å²) in [6.07, 6.45) is 0.342. The molecule has 25 heavy (non-hydrogen) atoms. The quantitative estimate of drug-likeness (QED) is 0.774. The third-order valence-corrected chi connectivity index (χ3v) is 3.74. The SMILES string of the molecule is COc1ccc(-c2cccc(NC(=O)Cc3cccc(C)c3)c2)nn1. The summed E-state index contributed by atoms with van der Waals surface area (Å²) in [5.74, 6) is 0.412. The van der Waals surface area contributed by atoms with Crippen molar-refractivity contribution in [2.45, 2.75) is 13.3 Å². The summed E-state index contributed by atoms with van der Waals surface area (Å²) < 4.78 is 5.02. The van der Waals surface area contributed by atoms with E-state index < -0.39 is 0 Å². The molecule has 3 aromatic rings. The molecule has 2 aromatic carbocycles. The van der Waals surface area contributed by atoms with Crippen LogP contribution in [0.3, 0.4) is 0 Å². The first-order chi connectivity index (χ1) is 12.1. The highest BCUT2D eigenvalue weighted by Gasteiger charge is 2.07. The van der Waals surface area contributed by atoms with Gasteiger partial charge in [0.2, 0.25) is 11.8 Å². The van der Waals surface area contributed by atoms with Crippen LogP contribution >= 0.6 is 0 Å². The Labute approximate surface area is 146 Å². The van der Waals surface area contributed by atoms with Gasteiger partial charge in [-0.2, -0.15) is 0 Å². The highest BCUT2D eigenvalue weighted by Crippen LogP contribution is 2.21. The molecule has 5 nitrogen and oxygen atoms in total. The molecule has 0 aliphatic heterocycles. The number of rotatable bonds is 5. The summed E-state index contributed by atoms with van der Waals surface area (Å²) in [7, 11) is 1.55. The van der Waals surface area contributed by atoms with Crippen LogP contribution in [0, 0.1) is 6.92 Å². The average molecular weight is 333 g/mol. The number of aryl methyl sites for hydroxylation is 1. The lowest BCUT2D eigenvalue weighted by Gasteiger charge is -2.08. The van der Waals surface area contributed by atoms with Gasteiger partial charge in [0.05, 0.1) is 19.2 Å². The van der Waals surface area contributed by atoms with Crippen molar-refractivity contribution in [2.24, 2.45) is 0 Å². The fourth-order valence-corrected chi connectivity index (χ4v) is 2.55. The van der Waals surface area contributed by atoms with E-state index in [4.69, 9.17) is 4.74 Å². The lowest BCUT2D eigenvalue weighted by Crippen LogP contribution is -2.14. The molecule has 0 aliphatic carbocycles. The van der Waals surface area contributed by atoms with Crippen LogP contribution in [0.5, 0.6) is 5.88 Å². The molecule has 0 aliphatic rings. The molecule has 1 aromatic heterocycles. The number of nitrogens with zero attached hydrogens (tertiary/aromatic N) is 2. The van der Waals surface area contributed by atoms with Gasteiger partial charge in [0.25, 0.3) is 0 Å². The van der Waals surface area contributed by atoms with E-state index in [1.165, 1.54) is 0 Å². The molecule has 0 radical (unpaired) electrons. The Bertz CT molecular complexity index is 876. The van der Waals surface area contributed by atoms with E-state index in [0.29, 0.717) is 12.3 Å². The lowest BCUT2D eigenvalue weighted by atomic mass is 10.1. The lowest BCUT2D eigenvalue weighted by molar-refractivity contribution is -0.115. The minimum Gasteiger partial charge on any atom is -0.480 e. The van der Waals surface area contributed by atoms with Crippen LogP contribution in [0.4, 0.5) is 5.69 Å². The van der Waals surface area contributed by atoms with E-state index in [2.05, 4.69) is 15.5 Å². The summed E-state index contributed by atoms with van der Waals surface area (Å²) in [6.45, 7) is 2.01. The van der Waals surface area contributed by atoms with E-state index in [0.717, 1.165) is 28.1 Å². The maximum Gasteiger partial charge on any atom is 0.233 e. The molecular formula is C20H19N3O2. The second kappa shape index (κ2) is 7.57. The van der Waals surface area contributed by atoms with Crippen LogP contribution in [-0.2, 0) is 11.2 Å². The van der Waals surface area contributed by atoms with E-state index in [1.807, 2.05) is 61.5 Å². The molecule has 1 N–H and O–H groups in total. The van der Waals surface area contributed by atoms with Crippen molar-refractivity contribution < 1.29 is 9.53 Å². The van der Waals surface area contributed by atoms with Crippen molar-refractivity contribution in [3.05, 3.63) is 71.8 Å². The molecule has 0 saturated carbocycles. The average Bonchev–Trinajstić information content (AvgIpc) is 2.62. The Balaban J connectivity index is 1.71. The van der Waals surface area contributed by atoms with Crippen molar-refractivity contribution in [1.82, 2.24) is 10.2 Å².